The van der Waals surface area contributed by atoms with Gasteiger partial charge in [-0.1, -0.05) is 56.7 Å². The first kappa shape index (κ1) is 21.3. The van der Waals surface area contributed by atoms with Crippen LogP contribution in [-0.4, -0.2) is 16.2 Å². The van der Waals surface area contributed by atoms with Gasteiger partial charge in [-0.25, -0.2) is 4.98 Å². The van der Waals surface area contributed by atoms with Crippen molar-refractivity contribution in [3.05, 3.63) is 81.2 Å². The highest BCUT2D eigenvalue weighted by Crippen LogP contribution is 2.33. The number of rotatable bonds is 5. The maximum absolute atomic E-state index is 13.2. The quantitative estimate of drug-likeness (QED) is 0.382. The summed E-state index contributed by atoms with van der Waals surface area (Å²) in [6, 6.07) is 14.5. The van der Waals surface area contributed by atoms with Gasteiger partial charge >= 0.3 is 0 Å². The first-order chi connectivity index (χ1) is 14.7. The molecule has 0 aliphatic heterocycles. The molecule has 4 nitrogen and oxygen atoms in total. The van der Waals surface area contributed by atoms with Crippen LogP contribution in [0.1, 0.15) is 37.5 Å². The lowest BCUT2D eigenvalue weighted by molar-refractivity contribution is 0.296. The molecule has 2 aromatic heterocycles. The molecule has 31 heavy (non-hydrogen) atoms. The predicted octanol–water partition coefficient (Wildman–Crippen LogP) is 6.12. The number of benzene rings is 2. The van der Waals surface area contributed by atoms with E-state index in [9.17, 15) is 4.79 Å². The number of nitrogens with zero attached hydrogens (tertiary/aromatic N) is 2. The van der Waals surface area contributed by atoms with Gasteiger partial charge in [0.1, 0.15) is 17.2 Å². The Bertz CT molecular complexity index is 1280. The van der Waals surface area contributed by atoms with E-state index in [0.29, 0.717) is 18.5 Å². The first-order valence-corrected chi connectivity index (χ1v) is 11.4. The molecule has 4 aromatic rings. The van der Waals surface area contributed by atoms with Gasteiger partial charge < -0.3 is 4.74 Å². The molecule has 160 valence electrons. The van der Waals surface area contributed by atoms with E-state index >= 15 is 0 Å². The lowest BCUT2D eigenvalue weighted by Gasteiger charge is -2.19. The Morgan fingerprint density at radius 3 is 2.45 bits per heavy atom. The van der Waals surface area contributed by atoms with E-state index in [1.807, 2.05) is 17.5 Å². The molecule has 0 radical (unpaired) electrons. The predicted molar refractivity (Wildman–Crippen MR) is 129 cm³/mol. The SMILES string of the molecule is Cc1ccc(-c2csc3ncn(CCOc4ccc(C(C)(C)C)cc4)c(=O)c23)c(C)c1. The van der Waals surface area contributed by atoms with Crippen LogP contribution in [0.15, 0.2) is 59.0 Å². The van der Waals surface area contributed by atoms with Gasteiger partial charge in [-0.15, -0.1) is 11.3 Å². The molecule has 0 unspecified atom stereocenters. The number of fused-ring (bicyclic) bond motifs is 1. The highest BCUT2D eigenvalue weighted by molar-refractivity contribution is 7.17. The van der Waals surface area contributed by atoms with Gasteiger partial charge in [-0.2, -0.15) is 0 Å². The average molecular weight is 433 g/mol. The molecule has 4 rings (SSSR count). The number of hydrogen-bond donors (Lipinski definition) is 0. The second kappa shape index (κ2) is 8.31. The van der Waals surface area contributed by atoms with E-state index in [0.717, 1.165) is 27.3 Å². The smallest absolute Gasteiger partial charge is 0.262 e. The van der Waals surface area contributed by atoms with Crippen LogP contribution in [0, 0.1) is 13.8 Å². The van der Waals surface area contributed by atoms with Crippen LogP contribution >= 0.6 is 11.3 Å². The van der Waals surface area contributed by atoms with Crippen molar-refractivity contribution in [3.8, 4) is 16.9 Å². The summed E-state index contributed by atoms with van der Waals surface area (Å²) < 4.78 is 7.53. The molecule has 0 saturated carbocycles. The molecule has 0 atom stereocenters. The van der Waals surface area contributed by atoms with Gasteiger partial charge in [-0.3, -0.25) is 9.36 Å². The number of ether oxygens (including phenoxy) is 1. The normalized spacial score (nSPS) is 11.8. The monoisotopic (exact) mass is 432 g/mol. The fourth-order valence-corrected chi connectivity index (χ4v) is 4.65. The molecule has 0 aliphatic rings. The summed E-state index contributed by atoms with van der Waals surface area (Å²) in [6.45, 7) is 11.6. The Labute approximate surface area is 187 Å². The number of aromatic nitrogens is 2. The molecule has 5 heteroatoms. The molecular weight excluding hydrogens is 404 g/mol. The summed E-state index contributed by atoms with van der Waals surface area (Å²) in [5.41, 5.74) is 5.78. The van der Waals surface area contributed by atoms with Crippen molar-refractivity contribution in [2.45, 2.75) is 46.6 Å². The standard InChI is InChI=1S/C26H28N2O2S/c1-17-6-11-21(18(2)14-17)22-15-31-24-23(22)25(29)28(16-27-24)12-13-30-20-9-7-19(8-10-20)26(3,4)5/h6-11,14-16H,12-13H2,1-5H3. The molecule has 2 aromatic carbocycles. The van der Waals surface area contributed by atoms with Crippen molar-refractivity contribution in [1.82, 2.24) is 9.55 Å². The van der Waals surface area contributed by atoms with Crippen molar-refractivity contribution in [3.63, 3.8) is 0 Å². The highest BCUT2D eigenvalue weighted by Gasteiger charge is 2.15. The summed E-state index contributed by atoms with van der Waals surface area (Å²) in [4.78, 5) is 18.5. The van der Waals surface area contributed by atoms with Gasteiger partial charge in [0, 0.05) is 10.9 Å². The summed E-state index contributed by atoms with van der Waals surface area (Å²) >= 11 is 1.51. The maximum Gasteiger partial charge on any atom is 0.262 e. The third-order valence-electron chi connectivity index (χ3n) is 5.55. The second-order valence-electron chi connectivity index (χ2n) is 9.01. The van der Waals surface area contributed by atoms with Gasteiger partial charge in [0.2, 0.25) is 0 Å². The minimum absolute atomic E-state index is 0.0205. The zero-order valence-electron chi connectivity index (χ0n) is 18.7. The van der Waals surface area contributed by atoms with Crippen LogP contribution < -0.4 is 10.3 Å². The van der Waals surface area contributed by atoms with Crippen molar-refractivity contribution in [2.24, 2.45) is 0 Å². The van der Waals surface area contributed by atoms with Crippen molar-refractivity contribution in [2.75, 3.05) is 6.61 Å². The van der Waals surface area contributed by atoms with E-state index in [1.54, 1.807) is 10.9 Å². The minimum Gasteiger partial charge on any atom is -0.492 e. The lowest BCUT2D eigenvalue weighted by atomic mass is 9.87. The Hall–Kier alpha value is -2.92. The van der Waals surface area contributed by atoms with E-state index in [-0.39, 0.29) is 11.0 Å². The molecule has 0 fully saturated rings. The third-order valence-corrected chi connectivity index (χ3v) is 6.44. The zero-order chi connectivity index (χ0) is 22.2. The Morgan fingerprint density at radius 2 is 1.77 bits per heavy atom. The molecule has 0 amide bonds. The highest BCUT2D eigenvalue weighted by atomic mass is 32.1. The number of thiophene rings is 1. The Morgan fingerprint density at radius 1 is 1.03 bits per heavy atom. The molecule has 0 aliphatic carbocycles. The third kappa shape index (κ3) is 4.42. The Balaban J connectivity index is 1.55. The number of hydrogen-bond acceptors (Lipinski definition) is 4. The summed E-state index contributed by atoms with van der Waals surface area (Å²) in [5, 5.41) is 2.72. The minimum atomic E-state index is -0.0205. The van der Waals surface area contributed by atoms with E-state index in [4.69, 9.17) is 4.74 Å². The topological polar surface area (TPSA) is 44.1 Å². The van der Waals surface area contributed by atoms with E-state index in [2.05, 4.69) is 69.9 Å². The van der Waals surface area contributed by atoms with E-state index in [1.165, 1.54) is 22.5 Å². The zero-order valence-corrected chi connectivity index (χ0v) is 19.5. The van der Waals surface area contributed by atoms with E-state index < -0.39 is 0 Å². The first-order valence-electron chi connectivity index (χ1n) is 10.5. The largest absolute Gasteiger partial charge is 0.492 e. The molecule has 0 saturated heterocycles. The fourth-order valence-electron chi connectivity index (χ4n) is 3.75. The molecule has 0 bridgehead atoms. The number of aryl methyl sites for hydroxylation is 2. The molecule has 2 heterocycles. The van der Waals surface area contributed by atoms with Crippen molar-refractivity contribution < 1.29 is 4.74 Å². The van der Waals surface area contributed by atoms with Gasteiger partial charge in [0.25, 0.3) is 5.56 Å². The summed E-state index contributed by atoms with van der Waals surface area (Å²) in [6.07, 6.45) is 1.62. The van der Waals surface area contributed by atoms with Gasteiger partial charge in [0.05, 0.1) is 18.3 Å². The van der Waals surface area contributed by atoms with Crippen LogP contribution in [-0.2, 0) is 12.0 Å². The van der Waals surface area contributed by atoms with Crippen LogP contribution in [0.25, 0.3) is 21.3 Å². The van der Waals surface area contributed by atoms with Gasteiger partial charge in [0.15, 0.2) is 0 Å². The van der Waals surface area contributed by atoms with Crippen LogP contribution in [0.2, 0.25) is 0 Å². The lowest BCUT2D eigenvalue weighted by Crippen LogP contribution is -2.23. The molecular formula is C26H28N2O2S. The second-order valence-corrected chi connectivity index (χ2v) is 9.87. The van der Waals surface area contributed by atoms with Crippen LogP contribution in [0.5, 0.6) is 5.75 Å². The van der Waals surface area contributed by atoms with Crippen molar-refractivity contribution in [1.29, 1.82) is 0 Å². The maximum atomic E-state index is 13.2. The molecule has 0 N–H and O–H groups in total. The summed E-state index contributed by atoms with van der Waals surface area (Å²) in [5.74, 6) is 0.807. The average Bonchev–Trinajstić information content (AvgIpc) is 3.14. The summed E-state index contributed by atoms with van der Waals surface area (Å²) in [7, 11) is 0. The van der Waals surface area contributed by atoms with Gasteiger partial charge in [-0.05, 0) is 48.1 Å². The molecule has 0 spiro atoms. The fraction of sp³-hybridized carbons (Fsp3) is 0.308. The van der Waals surface area contributed by atoms with Crippen LogP contribution in [0.3, 0.4) is 0 Å². The van der Waals surface area contributed by atoms with Crippen molar-refractivity contribution >= 4 is 21.6 Å². The Kier molecular flexibility index (Phi) is 5.71. The van der Waals surface area contributed by atoms with Crippen LogP contribution in [0.4, 0.5) is 0 Å².